The molecule has 2 heterocycles. The average molecular weight is 282 g/mol. The first-order valence-corrected chi connectivity index (χ1v) is 7.16. The topological polar surface area (TPSA) is 77.8 Å². The van der Waals surface area contributed by atoms with Crippen LogP contribution in [0.1, 0.15) is 25.7 Å². The van der Waals surface area contributed by atoms with Crippen molar-refractivity contribution in [3.63, 3.8) is 0 Å². The molecule has 1 aromatic carbocycles. The lowest BCUT2D eigenvalue weighted by atomic mass is 10.1. The SMILES string of the molecule is CC(N)CCCc1nc(-c2nccc3ccccc23)no1. The molecule has 0 saturated heterocycles. The smallest absolute Gasteiger partial charge is 0.227 e. The van der Waals surface area contributed by atoms with Crippen LogP contribution in [0.15, 0.2) is 41.1 Å². The Hall–Kier alpha value is -2.27. The van der Waals surface area contributed by atoms with Crippen LogP contribution in [0.2, 0.25) is 0 Å². The summed E-state index contributed by atoms with van der Waals surface area (Å²) in [5.74, 6) is 1.18. The zero-order valence-electron chi connectivity index (χ0n) is 12.0. The van der Waals surface area contributed by atoms with Gasteiger partial charge >= 0.3 is 0 Å². The lowest BCUT2D eigenvalue weighted by Crippen LogP contribution is -2.14. The minimum atomic E-state index is 0.201. The fourth-order valence-electron chi connectivity index (χ4n) is 2.33. The number of nitrogens with zero attached hydrogens (tertiary/aromatic N) is 3. The third-order valence-electron chi connectivity index (χ3n) is 3.40. The van der Waals surface area contributed by atoms with Crippen molar-refractivity contribution in [2.75, 3.05) is 0 Å². The van der Waals surface area contributed by atoms with E-state index in [0.717, 1.165) is 35.7 Å². The zero-order valence-corrected chi connectivity index (χ0v) is 12.0. The summed E-state index contributed by atoms with van der Waals surface area (Å²) < 4.78 is 5.31. The van der Waals surface area contributed by atoms with E-state index in [1.165, 1.54) is 0 Å². The van der Waals surface area contributed by atoms with Crippen LogP contribution in [0.3, 0.4) is 0 Å². The molecule has 0 aliphatic heterocycles. The van der Waals surface area contributed by atoms with Gasteiger partial charge in [-0.1, -0.05) is 29.4 Å². The van der Waals surface area contributed by atoms with E-state index in [1.807, 2.05) is 37.3 Å². The third kappa shape index (κ3) is 3.08. The van der Waals surface area contributed by atoms with Gasteiger partial charge in [-0.3, -0.25) is 4.98 Å². The van der Waals surface area contributed by atoms with Crippen molar-refractivity contribution in [2.24, 2.45) is 5.73 Å². The van der Waals surface area contributed by atoms with Gasteiger partial charge in [0.15, 0.2) is 0 Å². The predicted molar refractivity (Wildman–Crippen MR) is 81.6 cm³/mol. The van der Waals surface area contributed by atoms with Crippen LogP contribution in [-0.4, -0.2) is 21.2 Å². The maximum absolute atomic E-state index is 5.74. The Morgan fingerprint density at radius 2 is 2.10 bits per heavy atom. The van der Waals surface area contributed by atoms with Crippen LogP contribution in [0.5, 0.6) is 0 Å². The Morgan fingerprint density at radius 3 is 2.95 bits per heavy atom. The number of hydrogen-bond acceptors (Lipinski definition) is 5. The van der Waals surface area contributed by atoms with Crippen LogP contribution in [0.25, 0.3) is 22.3 Å². The highest BCUT2D eigenvalue weighted by atomic mass is 16.5. The molecule has 0 aliphatic rings. The van der Waals surface area contributed by atoms with E-state index in [9.17, 15) is 0 Å². The predicted octanol–water partition coefficient (Wildman–Crippen LogP) is 2.95. The molecule has 108 valence electrons. The highest BCUT2D eigenvalue weighted by Crippen LogP contribution is 2.24. The van der Waals surface area contributed by atoms with Gasteiger partial charge < -0.3 is 10.3 Å². The first-order valence-electron chi connectivity index (χ1n) is 7.16. The van der Waals surface area contributed by atoms with Crippen molar-refractivity contribution in [3.8, 4) is 11.5 Å². The number of rotatable bonds is 5. The summed E-state index contributed by atoms with van der Waals surface area (Å²) in [6.07, 6.45) is 4.41. The number of hydrogen-bond donors (Lipinski definition) is 1. The van der Waals surface area contributed by atoms with Crippen LogP contribution >= 0.6 is 0 Å². The minimum absolute atomic E-state index is 0.201. The zero-order chi connectivity index (χ0) is 14.7. The fraction of sp³-hybridized carbons (Fsp3) is 0.312. The molecule has 2 aromatic heterocycles. The van der Waals surface area contributed by atoms with Gasteiger partial charge in [0, 0.05) is 24.0 Å². The molecule has 0 aliphatic carbocycles. The van der Waals surface area contributed by atoms with Gasteiger partial charge in [0.1, 0.15) is 5.69 Å². The minimum Gasteiger partial charge on any atom is -0.339 e. The van der Waals surface area contributed by atoms with Crippen molar-refractivity contribution in [1.82, 2.24) is 15.1 Å². The van der Waals surface area contributed by atoms with Gasteiger partial charge in [0.05, 0.1) is 0 Å². The van der Waals surface area contributed by atoms with E-state index in [2.05, 4.69) is 15.1 Å². The van der Waals surface area contributed by atoms with E-state index >= 15 is 0 Å². The lowest BCUT2D eigenvalue weighted by Gasteiger charge is -2.01. The molecule has 1 unspecified atom stereocenters. The molecule has 5 nitrogen and oxygen atoms in total. The summed E-state index contributed by atoms with van der Waals surface area (Å²) in [7, 11) is 0. The normalized spacial score (nSPS) is 12.7. The van der Waals surface area contributed by atoms with Gasteiger partial charge in [-0.2, -0.15) is 4.98 Å². The summed E-state index contributed by atoms with van der Waals surface area (Å²) >= 11 is 0. The first-order chi connectivity index (χ1) is 10.2. The summed E-state index contributed by atoms with van der Waals surface area (Å²) in [4.78, 5) is 8.84. The highest BCUT2D eigenvalue weighted by Gasteiger charge is 2.12. The molecule has 0 amide bonds. The van der Waals surface area contributed by atoms with Crippen molar-refractivity contribution < 1.29 is 4.52 Å². The Morgan fingerprint density at radius 1 is 1.24 bits per heavy atom. The second-order valence-corrected chi connectivity index (χ2v) is 5.26. The van der Waals surface area contributed by atoms with Crippen molar-refractivity contribution in [3.05, 3.63) is 42.4 Å². The van der Waals surface area contributed by atoms with E-state index in [0.29, 0.717) is 11.7 Å². The molecule has 3 aromatic rings. The molecule has 5 heteroatoms. The summed E-state index contributed by atoms with van der Waals surface area (Å²) in [5, 5.41) is 6.20. The van der Waals surface area contributed by atoms with Crippen LogP contribution in [-0.2, 0) is 6.42 Å². The van der Waals surface area contributed by atoms with E-state index in [4.69, 9.17) is 10.3 Å². The molecule has 1 atom stereocenters. The van der Waals surface area contributed by atoms with Gasteiger partial charge in [0.25, 0.3) is 0 Å². The number of benzene rings is 1. The van der Waals surface area contributed by atoms with Gasteiger partial charge in [-0.15, -0.1) is 0 Å². The molecule has 3 rings (SSSR count). The largest absolute Gasteiger partial charge is 0.339 e. The van der Waals surface area contributed by atoms with Crippen LogP contribution in [0, 0.1) is 0 Å². The Bertz CT molecular complexity index is 730. The average Bonchev–Trinajstić information content (AvgIpc) is 2.95. The lowest BCUT2D eigenvalue weighted by molar-refractivity contribution is 0.373. The second-order valence-electron chi connectivity index (χ2n) is 5.26. The molecule has 0 fully saturated rings. The molecular formula is C16H18N4O. The maximum atomic E-state index is 5.74. The molecule has 0 bridgehead atoms. The molecule has 21 heavy (non-hydrogen) atoms. The van der Waals surface area contributed by atoms with E-state index in [1.54, 1.807) is 6.20 Å². The Labute approximate surface area is 123 Å². The first kappa shape index (κ1) is 13.7. The summed E-state index contributed by atoms with van der Waals surface area (Å²) in [6.45, 7) is 2.00. The molecule has 0 saturated carbocycles. The number of aromatic nitrogens is 3. The van der Waals surface area contributed by atoms with Crippen LogP contribution < -0.4 is 5.73 Å². The van der Waals surface area contributed by atoms with Crippen molar-refractivity contribution in [2.45, 2.75) is 32.2 Å². The summed E-state index contributed by atoms with van der Waals surface area (Å²) in [5.41, 5.74) is 6.50. The number of pyridine rings is 1. The van der Waals surface area contributed by atoms with Gasteiger partial charge in [-0.25, -0.2) is 0 Å². The third-order valence-corrected chi connectivity index (χ3v) is 3.40. The van der Waals surface area contributed by atoms with Crippen LogP contribution in [0.4, 0.5) is 0 Å². The Kier molecular flexibility index (Phi) is 3.92. The molecule has 2 N–H and O–H groups in total. The molecule has 0 spiro atoms. The van der Waals surface area contributed by atoms with Gasteiger partial charge in [0.2, 0.25) is 11.7 Å². The number of nitrogens with two attached hydrogens (primary N) is 1. The van der Waals surface area contributed by atoms with Gasteiger partial charge in [-0.05, 0) is 31.2 Å². The molecule has 0 radical (unpaired) electrons. The number of fused-ring (bicyclic) bond motifs is 1. The maximum Gasteiger partial charge on any atom is 0.227 e. The molecular weight excluding hydrogens is 264 g/mol. The Balaban J connectivity index is 1.85. The van der Waals surface area contributed by atoms with E-state index in [-0.39, 0.29) is 6.04 Å². The number of aryl methyl sites for hydroxylation is 1. The monoisotopic (exact) mass is 282 g/mol. The summed E-state index contributed by atoms with van der Waals surface area (Å²) in [6, 6.07) is 10.2. The quantitative estimate of drug-likeness (QED) is 0.778. The second kappa shape index (κ2) is 6.01. The van der Waals surface area contributed by atoms with E-state index < -0.39 is 0 Å². The standard InChI is InChI=1S/C16H18N4O/c1-11(17)5-4-8-14-19-16(20-21-14)15-13-7-3-2-6-12(13)9-10-18-15/h2-3,6-7,9-11H,4-5,8,17H2,1H3. The highest BCUT2D eigenvalue weighted by molar-refractivity contribution is 5.92. The van der Waals surface area contributed by atoms with Crippen molar-refractivity contribution >= 4 is 10.8 Å². The fourth-order valence-corrected chi connectivity index (χ4v) is 2.33. The van der Waals surface area contributed by atoms with Crippen molar-refractivity contribution in [1.29, 1.82) is 0 Å².